The van der Waals surface area contributed by atoms with Crippen molar-refractivity contribution in [2.45, 2.75) is 32.4 Å². The van der Waals surface area contributed by atoms with Gasteiger partial charge in [-0.2, -0.15) is 0 Å². The zero-order chi connectivity index (χ0) is 14.3. The lowest BCUT2D eigenvalue weighted by Gasteiger charge is -2.26. The number of nitrogens with zero attached hydrogens (tertiary/aromatic N) is 1. The van der Waals surface area contributed by atoms with Gasteiger partial charge in [0, 0.05) is 12.6 Å². The third-order valence-corrected chi connectivity index (χ3v) is 3.20. The lowest BCUT2D eigenvalue weighted by Crippen LogP contribution is -2.40. The van der Waals surface area contributed by atoms with Gasteiger partial charge in [0.25, 0.3) is 0 Å². The lowest BCUT2D eigenvalue weighted by molar-refractivity contribution is -0.126. The number of halogens is 2. The highest BCUT2D eigenvalue weighted by atomic mass is 35.5. The average molecular weight is 336 g/mol. The second kappa shape index (κ2) is 11.8. The quantitative estimate of drug-likeness (QED) is 0.804. The van der Waals surface area contributed by atoms with Gasteiger partial charge in [0.15, 0.2) is 0 Å². The number of rotatable bonds is 7. The zero-order valence-electron chi connectivity index (χ0n) is 12.9. The van der Waals surface area contributed by atoms with E-state index in [0.717, 1.165) is 18.5 Å². The number of nitrogens with one attached hydrogen (secondary N) is 1. The van der Waals surface area contributed by atoms with Gasteiger partial charge in [-0.15, -0.1) is 24.8 Å². The molecule has 0 saturated heterocycles. The Hall–Kier alpha value is -0.810. The molecule has 1 rings (SSSR count). The van der Waals surface area contributed by atoms with Crippen molar-refractivity contribution in [2.24, 2.45) is 5.73 Å². The number of hydrogen-bond donors (Lipinski definition) is 2. The fraction of sp³-hybridized carbons (Fsp3) is 0.533. The smallest absolute Gasteiger partial charge is 0.241 e. The summed E-state index contributed by atoms with van der Waals surface area (Å²) >= 11 is 0. The van der Waals surface area contributed by atoms with Crippen LogP contribution in [-0.4, -0.2) is 37.0 Å². The van der Waals surface area contributed by atoms with Crippen molar-refractivity contribution in [3.8, 4) is 0 Å². The van der Waals surface area contributed by atoms with E-state index in [-0.39, 0.29) is 42.8 Å². The molecule has 6 heteroatoms. The van der Waals surface area contributed by atoms with E-state index in [4.69, 9.17) is 5.73 Å². The third-order valence-electron chi connectivity index (χ3n) is 3.20. The Balaban J connectivity index is 0. The third kappa shape index (κ3) is 7.67. The molecule has 0 aliphatic rings. The SMILES string of the molecule is CCN(C)C(C(=O)NCCC(C)N)c1ccccc1.Cl.Cl. The number of carbonyl (C=O) groups is 1. The van der Waals surface area contributed by atoms with E-state index in [2.05, 4.69) is 5.32 Å². The monoisotopic (exact) mass is 335 g/mol. The molecule has 2 atom stereocenters. The molecule has 0 fully saturated rings. The fourth-order valence-electron chi connectivity index (χ4n) is 1.94. The molecular formula is C15H27Cl2N3O. The lowest BCUT2D eigenvalue weighted by atomic mass is 10.0. The molecule has 1 amide bonds. The van der Waals surface area contributed by atoms with E-state index in [1.54, 1.807) is 0 Å². The van der Waals surface area contributed by atoms with Crippen LogP contribution in [0.15, 0.2) is 30.3 Å². The van der Waals surface area contributed by atoms with Crippen molar-refractivity contribution >= 4 is 30.7 Å². The van der Waals surface area contributed by atoms with Gasteiger partial charge in [-0.1, -0.05) is 37.3 Å². The maximum atomic E-state index is 12.3. The second-order valence-electron chi connectivity index (χ2n) is 4.94. The first-order chi connectivity index (χ1) is 9.06. The predicted octanol–water partition coefficient (Wildman–Crippen LogP) is 2.38. The molecule has 21 heavy (non-hydrogen) atoms. The highest BCUT2D eigenvalue weighted by molar-refractivity contribution is 5.85. The number of carbonyl (C=O) groups excluding carboxylic acids is 1. The number of hydrogen-bond acceptors (Lipinski definition) is 3. The first kappa shape index (κ1) is 22.5. The van der Waals surface area contributed by atoms with Gasteiger partial charge in [-0.25, -0.2) is 0 Å². The summed E-state index contributed by atoms with van der Waals surface area (Å²) in [5.74, 6) is 0.0381. The molecule has 0 radical (unpaired) electrons. The minimum Gasteiger partial charge on any atom is -0.354 e. The average Bonchev–Trinajstić information content (AvgIpc) is 2.39. The summed E-state index contributed by atoms with van der Waals surface area (Å²) in [5.41, 5.74) is 6.71. The molecule has 122 valence electrons. The normalized spacial score (nSPS) is 12.8. The first-order valence-corrected chi connectivity index (χ1v) is 6.84. The van der Waals surface area contributed by atoms with Crippen molar-refractivity contribution in [1.82, 2.24) is 10.2 Å². The molecule has 3 N–H and O–H groups in total. The molecule has 0 bridgehead atoms. The van der Waals surface area contributed by atoms with Crippen LogP contribution in [0, 0.1) is 0 Å². The van der Waals surface area contributed by atoms with Gasteiger partial charge in [0.05, 0.1) is 0 Å². The summed E-state index contributed by atoms with van der Waals surface area (Å²) in [6.45, 7) is 5.43. The second-order valence-corrected chi connectivity index (χ2v) is 4.94. The van der Waals surface area contributed by atoms with E-state index in [0.29, 0.717) is 6.54 Å². The van der Waals surface area contributed by atoms with Gasteiger partial charge in [-0.05, 0) is 32.5 Å². The standard InChI is InChI=1S/C15H25N3O.2ClH/c1-4-18(3)14(13-8-6-5-7-9-13)15(19)17-11-10-12(2)16;;/h5-9,12,14H,4,10-11,16H2,1-3H3,(H,17,19);2*1H. The Bertz CT molecular complexity index is 388. The summed E-state index contributed by atoms with van der Waals surface area (Å²) in [4.78, 5) is 14.4. The van der Waals surface area contributed by atoms with Crippen LogP contribution in [0.1, 0.15) is 31.9 Å². The molecule has 0 heterocycles. The van der Waals surface area contributed by atoms with Crippen molar-refractivity contribution in [3.05, 3.63) is 35.9 Å². The maximum Gasteiger partial charge on any atom is 0.241 e. The Labute approximate surface area is 140 Å². The van der Waals surface area contributed by atoms with Crippen molar-refractivity contribution < 1.29 is 4.79 Å². The van der Waals surface area contributed by atoms with Crippen molar-refractivity contribution in [3.63, 3.8) is 0 Å². The van der Waals surface area contributed by atoms with E-state index in [9.17, 15) is 4.79 Å². The molecular weight excluding hydrogens is 309 g/mol. The number of amides is 1. The molecule has 4 nitrogen and oxygen atoms in total. The highest BCUT2D eigenvalue weighted by Gasteiger charge is 2.23. The minimum atomic E-state index is -0.237. The summed E-state index contributed by atoms with van der Waals surface area (Å²) in [5, 5.41) is 2.97. The number of nitrogens with two attached hydrogens (primary N) is 1. The van der Waals surface area contributed by atoms with Crippen LogP contribution < -0.4 is 11.1 Å². The van der Waals surface area contributed by atoms with Crippen LogP contribution >= 0.6 is 24.8 Å². The maximum absolute atomic E-state index is 12.3. The van der Waals surface area contributed by atoms with Gasteiger partial charge in [0.1, 0.15) is 6.04 Å². The molecule has 2 unspecified atom stereocenters. The fourth-order valence-corrected chi connectivity index (χ4v) is 1.94. The summed E-state index contributed by atoms with van der Waals surface area (Å²) in [6, 6.07) is 9.73. The summed E-state index contributed by atoms with van der Waals surface area (Å²) in [6.07, 6.45) is 0.795. The van der Waals surface area contributed by atoms with Crippen LogP contribution in [-0.2, 0) is 4.79 Å². The van der Waals surface area contributed by atoms with E-state index < -0.39 is 0 Å². The summed E-state index contributed by atoms with van der Waals surface area (Å²) < 4.78 is 0. The van der Waals surface area contributed by atoms with Gasteiger partial charge in [-0.3, -0.25) is 9.69 Å². The molecule has 0 aromatic heterocycles. The minimum absolute atomic E-state index is 0. The molecule has 1 aromatic carbocycles. The predicted molar refractivity (Wildman–Crippen MR) is 93.3 cm³/mol. The Morgan fingerprint density at radius 2 is 1.86 bits per heavy atom. The molecule has 0 aliphatic carbocycles. The topological polar surface area (TPSA) is 58.4 Å². The van der Waals surface area contributed by atoms with Crippen molar-refractivity contribution in [1.29, 1.82) is 0 Å². The van der Waals surface area contributed by atoms with E-state index >= 15 is 0 Å². The van der Waals surface area contributed by atoms with Crippen LogP contribution in [0.25, 0.3) is 0 Å². The zero-order valence-corrected chi connectivity index (χ0v) is 14.5. The molecule has 0 spiro atoms. The van der Waals surface area contributed by atoms with Crippen molar-refractivity contribution in [2.75, 3.05) is 20.1 Å². The Kier molecular flexibility index (Phi) is 12.6. The summed E-state index contributed by atoms with van der Waals surface area (Å²) in [7, 11) is 1.96. The Morgan fingerprint density at radius 3 is 2.33 bits per heavy atom. The van der Waals surface area contributed by atoms with Crippen LogP contribution in [0.5, 0.6) is 0 Å². The van der Waals surface area contributed by atoms with E-state index in [1.807, 2.05) is 56.1 Å². The van der Waals surface area contributed by atoms with Gasteiger partial charge in [0.2, 0.25) is 5.91 Å². The first-order valence-electron chi connectivity index (χ1n) is 6.84. The molecule has 0 saturated carbocycles. The highest BCUT2D eigenvalue weighted by Crippen LogP contribution is 2.19. The van der Waals surface area contributed by atoms with Gasteiger partial charge < -0.3 is 11.1 Å². The van der Waals surface area contributed by atoms with Crippen LogP contribution in [0.4, 0.5) is 0 Å². The van der Waals surface area contributed by atoms with Crippen LogP contribution in [0.2, 0.25) is 0 Å². The Morgan fingerprint density at radius 1 is 1.29 bits per heavy atom. The largest absolute Gasteiger partial charge is 0.354 e. The molecule has 0 aliphatic heterocycles. The van der Waals surface area contributed by atoms with Gasteiger partial charge >= 0.3 is 0 Å². The van der Waals surface area contributed by atoms with E-state index in [1.165, 1.54) is 0 Å². The number of likely N-dealkylation sites (N-methyl/N-ethyl adjacent to an activating group) is 1. The van der Waals surface area contributed by atoms with Crippen LogP contribution in [0.3, 0.4) is 0 Å². The molecule has 1 aromatic rings. The number of benzene rings is 1.